The quantitative estimate of drug-likeness (QED) is 0.583. The highest BCUT2D eigenvalue weighted by Gasteiger charge is 2.69. The molecule has 0 aromatic carbocycles. The van der Waals surface area contributed by atoms with Gasteiger partial charge in [0.25, 0.3) is 0 Å². The van der Waals surface area contributed by atoms with Crippen molar-refractivity contribution < 1.29 is 38.7 Å². The van der Waals surface area contributed by atoms with Crippen molar-refractivity contribution in [3.05, 3.63) is 0 Å². The monoisotopic (exact) mass is 384 g/mol. The lowest BCUT2D eigenvalue weighted by Crippen LogP contribution is -2.70. The second-order valence-corrected chi connectivity index (χ2v) is 8.66. The van der Waals surface area contributed by atoms with Crippen LogP contribution in [0.2, 0.25) is 0 Å². The summed E-state index contributed by atoms with van der Waals surface area (Å²) < 4.78 is 17.8. The minimum absolute atomic E-state index is 0.0670. The smallest absolute Gasteiger partial charge is 0.308 e. The Morgan fingerprint density at radius 1 is 1.11 bits per heavy atom. The highest BCUT2D eigenvalue weighted by atomic mass is 17.3. The largest absolute Gasteiger partial charge is 0.481 e. The molecule has 1 spiro atoms. The van der Waals surface area contributed by atoms with Crippen LogP contribution in [0.15, 0.2) is 0 Å². The molecule has 152 valence electrons. The number of carbonyl (C=O) groups excluding carboxylic acids is 1. The van der Waals surface area contributed by atoms with Crippen LogP contribution >= 0.6 is 0 Å². The van der Waals surface area contributed by atoms with Crippen molar-refractivity contribution in [3.8, 4) is 0 Å². The summed E-state index contributed by atoms with van der Waals surface area (Å²) in [4.78, 5) is 34.5. The number of hydrogen-bond acceptors (Lipinski definition) is 7. The first kappa shape index (κ1) is 19.1. The van der Waals surface area contributed by atoms with E-state index in [9.17, 15) is 9.59 Å². The van der Waals surface area contributed by atoms with Crippen LogP contribution in [0.5, 0.6) is 0 Å². The number of rotatable bonds is 4. The van der Waals surface area contributed by atoms with E-state index in [2.05, 4.69) is 6.92 Å². The molecular formula is C19H28O8. The van der Waals surface area contributed by atoms with Crippen molar-refractivity contribution >= 4 is 11.9 Å². The van der Waals surface area contributed by atoms with Crippen LogP contribution in [0, 0.1) is 23.7 Å². The predicted molar refractivity (Wildman–Crippen MR) is 89.8 cm³/mol. The van der Waals surface area contributed by atoms with E-state index in [1.165, 1.54) is 0 Å². The molecule has 0 aromatic heterocycles. The zero-order valence-electron chi connectivity index (χ0n) is 16.0. The number of fused-ring (bicyclic) bond motifs is 2. The van der Waals surface area contributed by atoms with Gasteiger partial charge in [-0.25, -0.2) is 9.78 Å². The Hall–Kier alpha value is -1.22. The van der Waals surface area contributed by atoms with Crippen molar-refractivity contribution in [2.75, 3.05) is 0 Å². The van der Waals surface area contributed by atoms with Crippen LogP contribution in [0.1, 0.15) is 59.3 Å². The Kier molecular flexibility index (Phi) is 4.73. The number of carboxylic acid groups (broad SMARTS) is 1. The molecule has 2 unspecified atom stereocenters. The molecule has 4 heterocycles. The number of carboxylic acids is 1. The average Bonchev–Trinajstić information content (AvgIpc) is 2.84. The number of ether oxygens (including phenoxy) is 3. The van der Waals surface area contributed by atoms with Gasteiger partial charge < -0.3 is 19.3 Å². The molecule has 0 radical (unpaired) electrons. The summed E-state index contributed by atoms with van der Waals surface area (Å²) in [6.07, 6.45) is 1.72. The molecule has 8 heteroatoms. The van der Waals surface area contributed by atoms with Crippen molar-refractivity contribution in [1.82, 2.24) is 0 Å². The van der Waals surface area contributed by atoms with Crippen LogP contribution < -0.4 is 0 Å². The molecule has 4 saturated heterocycles. The van der Waals surface area contributed by atoms with E-state index in [1.807, 2.05) is 13.8 Å². The first-order valence-electron chi connectivity index (χ1n) is 9.86. The van der Waals surface area contributed by atoms with E-state index < -0.39 is 35.9 Å². The molecule has 5 aliphatic rings. The summed E-state index contributed by atoms with van der Waals surface area (Å²) in [7, 11) is 0. The lowest BCUT2D eigenvalue weighted by atomic mass is 9.58. The first-order valence-corrected chi connectivity index (χ1v) is 9.86. The molecule has 8 atom stereocenters. The molecule has 0 aromatic rings. The van der Waals surface area contributed by atoms with Gasteiger partial charge in [-0.3, -0.25) is 9.59 Å². The Labute approximate surface area is 158 Å². The van der Waals surface area contributed by atoms with Gasteiger partial charge in [-0.1, -0.05) is 13.8 Å². The lowest BCUT2D eigenvalue weighted by Gasteiger charge is -2.59. The molecule has 1 saturated carbocycles. The van der Waals surface area contributed by atoms with E-state index in [-0.39, 0.29) is 30.6 Å². The average molecular weight is 384 g/mol. The molecule has 4 aliphatic heterocycles. The van der Waals surface area contributed by atoms with Gasteiger partial charge in [-0.2, -0.15) is 0 Å². The SMILES string of the molecule is C[C@H]1[C@@H](OC(=O)CCC(=O)O)O[C@@H]2OC3(C)CCC4[C@H](C)CC[C@@H]1[C@]42OO3. The van der Waals surface area contributed by atoms with Gasteiger partial charge in [0, 0.05) is 18.3 Å². The Balaban J connectivity index is 1.58. The summed E-state index contributed by atoms with van der Waals surface area (Å²) in [6.45, 7) is 6.06. The third kappa shape index (κ3) is 3.06. The van der Waals surface area contributed by atoms with Crippen molar-refractivity contribution in [1.29, 1.82) is 0 Å². The van der Waals surface area contributed by atoms with Gasteiger partial charge in [0.2, 0.25) is 12.1 Å². The summed E-state index contributed by atoms with van der Waals surface area (Å²) in [5.74, 6) is -1.82. The summed E-state index contributed by atoms with van der Waals surface area (Å²) in [6, 6.07) is 0. The molecule has 1 aliphatic carbocycles. The predicted octanol–water partition coefficient (Wildman–Crippen LogP) is 2.60. The van der Waals surface area contributed by atoms with Gasteiger partial charge in [0.1, 0.15) is 0 Å². The summed E-state index contributed by atoms with van der Waals surface area (Å²) in [5, 5.41) is 8.76. The fourth-order valence-corrected chi connectivity index (χ4v) is 5.40. The van der Waals surface area contributed by atoms with Gasteiger partial charge in [0.05, 0.1) is 12.8 Å². The Morgan fingerprint density at radius 2 is 1.89 bits per heavy atom. The fraction of sp³-hybridized carbons (Fsp3) is 0.895. The Morgan fingerprint density at radius 3 is 2.63 bits per heavy atom. The van der Waals surface area contributed by atoms with Crippen molar-refractivity contribution in [2.45, 2.75) is 83.3 Å². The normalized spacial score (nSPS) is 48.4. The van der Waals surface area contributed by atoms with Crippen molar-refractivity contribution in [3.63, 3.8) is 0 Å². The first-order chi connectivity index (χ1) is 12.7. The minimum atomic E-state index is -1.03. The van der Waals surface area contributed by atoms with E-state index >= 15 is 0 Å². The molecule has 0 amide bonds. The molecule has 27 heavy (non-hydrogen) atoms. The lowest BCUT2D eigenvalue weighted by molar-refractivity contribution is -0.576. The number of aliphatic carboxylic acids is 1. The van der Waals surface area contributed by atoms with Crippen LogP contribution in [0.4, 0.5) is 0 Å². The van der Waals surface area contributed by atoms with E-state index in [0.29, 0.717) is 12.3 Å². The molecule has 2 bridgehead atoms. The van der Waals surface area contributed by atoms with Crippen LogP contribution in [-0.4, -0.2) is 41.0 Å². The number of carbonyl (C=O) groups is 2. The van der Waals surface area contributed by atoms with Gasteiger partial charge in [-0.05, 0) is 38.0 Å². The van der Waals surface area contributed by atoms with Crippen LogP contribution in [-0.2, 0) is 33.6 Å². The topological polar surface area (TPSA) is 101 Å². The van der Waals surface area contributed by atoms with Crippen molar-refractivity contribution in [2.24, 2.45) is 23.7 Å². The maximum absolute atomic E-state index is 12.1. The van der Waals surface area contributed by atoms with E-state index in [4.69, 9.17) is 29.1 Å². The van der Waals surface area contributed by atoms with Gasteiger partial charge in [-0.15, -0.1) is 0 Å². The molecular weight excluding hydrogens is 356 g/mol. The number of hydrogen-bond donors (Lipinski definition) is 1. The molecule has 5 fully saturated rings. The van der Waals surface area contributed by atoms with Gasteiger partial charge in [0.15, 0.2) is 11.9 Å². The Bertz CT molecular complexity index is 623. The standard InChI is InChI=1S/C19H28O8/c1-10-4-5-13-11(2)16(23-15(22)7-6-14(20)21)24-17-19(13)12(10)8-9-18(3,25-17)26-27-19/h10-13,16-17H,4-9H2,1-3H3,(H,20,21)/t10-,11-,12?,13+,16+,17-,18?,19-/m1/s1. The molecule has 8 nitrogen and oxygen atoms in total. The van der Waals surface area contributed by atoms with E-state index in [0.717, 1.165) is 19.3 Å². The highest BCUT2D eigenvalue weighted by molar-refractivity contribution is 5.76. The highest BCUT2D eigenvalue weighted by Crippen LogP contribution is 2.60. The van der Waals surface area contributed by atoms with Crippen LogP contribution in [0.25, 0.3) is 0 Å². The zero-order chi connectivity index (χ0) is 19.4. The zero-order valence-corrected chi connectivity index (χ0v) is 16.0. The van der Waals surface area contributed by atoms with Gasteiger partial charge >= 0.3 is 11.9 Å². The summed E-state index contributed by atoms with van der Waals surface area (Å²) >= 11 is 0. The molecule has 5 rings (SSSR count). The third-order valence-corrected chi connectivity index (χ3v) is 6.89. The fourth-order valence-electron chi connectivity index (χ4n) is 5.40. The number of esters is 1. The molecule has 1 N–H and O–H groups in total. The third-order valence-electron chi connectivity index (χ3n) is 6.89. The minimum Gasteiger partial charge on any atom is -0.481 e. The second kappa shape index (κ2) is 6.69. The van der Waals surface area contributed by atoms with Crippen LogP contribution in [0.3, 0.4) is 0 Å². The second-order valence-electron chi connectivity index (χ2n) is 8.66. The maximum atomic E-state index is 12.1. The van der Waals surface area contributed by atoms with E-state index in [1.54, 1.807) is 0 Å². The summed E-state index contributed by atoms with van der Waals surface area (Å²) in [5.41, 5.74) is -0.697. The maximum Gasteiger partial charge on any atom is 0.308 e.